The Morgan fingerprint density at radius 3 is 2.41 bits per heavy atom. The number of alkyl halides is 1. The summed E-state index contributed by atoms with van der Waals surface area (Å²) >= 11 is 7.14. The number of carbonyl (C=O) groups excluding carboxylic acids is 1. The van der Waals surface area contributed by atoms with Gasteiger partial charge in [-0.15, -0.1) is 11.6 Å². The van der Waals surface area contributed by atoms with E-state index >= 15 is 0 Å². The summed E-state index contributed by atoms with van der Waals surface area (Å²) in [7, 11) is 0. The Bertz CT molecular complexity index is 1120. The van der Waals surface area contributed by atoms with Crippen molar-refractivity contribution in [1.82, 2.24) is 0 Å². The van der Waals surface area contributed by atoms with Gasteiger partial charge in [0.25, 0.3) is 0 Å². The highest BCUT2D eigenvalue weighted by Crippen LogP contribution is 2.75. The van der Waals surface area contributed by atoms with Crippen LogP contribution in [0.1, 0.15) is 66.7 Å². The SMILES string of the molecule is CC1C(C2OC(O)C3(C)OC23C)OC2(O)CC3C(CC(O)C4(Cl)CC=CC(=O)C34C)C3CCC1(O)C32C. The van der Waals surface area contributed by atoms with Crippen molar-refractivity contribution in [3.8, 4) is 0 Å². The van der Waals surface area contributed by atoms with Gasteiger partial charge in [-0.3, -0.25) is 4.79 Å². The lowest BCUT2D eigenvalue weighted by atomic mass is 9.41. The van der Waals surface area contributed by atoms with E-state index < -0.39 is 68.8 Å². The standard InChI is InChI=1S/C28H39ClO8/c1-13-19(20-24(4)25(5,37-24)21(32)35-20)36-28(34)12-16-14(15-8-10-27(13,33)23(15,28)3)11-18(31)26(29)9-6-7-17(30)22(16,26)2/h6-7,13-16,18-21,31-34H,8-12H2,1-5H3. The van der Waals surface area contributed by atoms with Crippen LogP contribution in [0, 0.1) is 34.5 Å². The Morgan fingerprint density at radius 2 is 1.78 bits per heavy atom. The van der Waals surface area contributed by atoms with Gasteiger partial charge in [0.15, 0.2) is 17.9 Å². The monoisotopic (exact) mass is 538 g/mol. The molecule has 3 aliphatic heterocycles. The van der Waals surface area contributed by atoms with Crippen molar-refractivity contribution in [1.29, 1.82) is 0 Å². The van der Waals surface area contributed by atoms with Gasteiger partial charge in [0.1, 0.15) is 17.3 Å². The smallest absolute Gasteiger partial charge is 0.187 e. The maximum absolute atomic E-state index is 13.5. The highest BCUT2D eigenvalue weighted by atomic mass is 35.5. The molecule has 0 bridgehead atoms. The molecule has 8 nitrogen and oxygen atoms in total. The van der Waals surface area contributed by atoms with Gasteiger partial charge in [0.05, 0.1) is 33.5 Å². The van der Waals surface area contributed by atoms with Crippen molar-refractivity contribution in [2.24, 2.45) is 34.5 Å². The first kappa shape index (κ1) is 25.4. The lowest BCUT2D eigenvalue weighted by Crippen LogP contribution is -2.78. The molecule has 15 atom stereocenters. The summed E-state index contributed by atoms with van der Waals surface area (Å²) in [6.07, 6.45) is 1.83. The predicted molar refractivity (Wildman–Crippen MR) is 131 cm³/mol. The fourth-order valence-corrected chi connectivity index (χ4v) is 10.8. The Hall–Kier alpha value is -0.580. The number of fused-ring (bicyclic) bond motifs is 5. The summed E-state index contributed by atoms with van der Waals surface area (Å²) in [5, 5.41) is 46.9. The minimum atomic E-state index is -1.77. The van der Waals surface area contributed by atoms with Gasteiger partial charge in [-0.05, 0) is 63.4 Å². The molecule has 6 fully saturated rings. The van der Waals surface area contributed by atoms with Crippen molar-refractivity contribution >= 4 is 17.4 Å². The third-order valence-electron chi connectivity index (χ3n) is 13.2. The van der Waals surface area contributed by atoms with Crippen LogP contribution in [0.4, 0.5) is 0 Å². The number of hydrogen-bond acceptors (Lipinski definition) is 8. The number of halogens is 1. The molecule has 0 aromatic rings. The first-order chi connectivity index (χ1) is 17.1. The molecule has 7 rings (SSSR count). The molecule has 15 unspecified atom stereocenters. The first-order valence-electron chi connectivity index (χ1n) is 13.8. The van der Waals surface area contributed by atoms with E-state index in [1.54, 1.807) is 19.1 Å². The first-order valence-corrected chi connectivity index (χ1v) is 14.2. The molecular weight excluding hydrogens is 500 g/mol. The molecule has 37 heavy (non-hydrogen) atoms. The van der Waals surface area contributed by atoms with E-state index in [1.165, 1.54) is 0 Å². The maximum atomic E-state index is 13.5. The van der Waals surface area contributed by atoms with Crippen LogP contribution < -0.4 is 0 Å². The highest BCUT2D eigenvalue weighted by molar-refractivity contribution is 6.28. The molecule has 4 N–H and O–H groups in total. The zero-order valence-electron chi connectivity index (χ0n) is 22.1. The third-order valence-corrected chi connectivity index (χ3v) is 14.0. The van der Waals surface area contributed by atoms with Crippen LogP contribution in [0.3, 0.4) is 0 Å². The number of aliphatic hydroxyl groups is 4. The Labute approximate surface area is 222 Å². The molecule has 7 aliphatic rings. The van der Waals surface area contributed by atoms with Crippen LogP contribution in [0.2, 0.25) is 0 Å². The Balaban J connectivity index is 1.34. The number of ketones is 1. The summed E-state index contributed by atoms with van der Waals surface area (Å²) in [6.45, 7) is 9.35. The molecular formula is C28H39ClO8. The average molecular weight is 539 g/mol. The summed E-state index contributed by atoms with van der Waals surface area (Å²) in [5.74, 6) is -2.96. The molecule has 0 spiro atoms. The third kappa shape index (κ3) is 2.40. The van der Waals surface area contributed by atoms with Crippen molar-refractivity contribution in [2.75, 3.05) is 0 Å². The van der Waals surface area contributed by atoms with Crippen LogP contribution in [-0.4, -0.2) is 78.3 Å². The number of allylic oxidation sites excluding steroid dienone is 2. The van der Waals surface area contributed by atoms with Crippen molar-refractivity contribution < 1.29 is 39.4 Å². The van der Waals surface area contributed by atoms with Gasteiger partial charge >= 0.3 is 0 Å². The fourth-order valence-electron chi connectivity index (χ4n) is 10.4. The second kappa shape index (κ2) is 6.82. The Kier molecular flexibility index (Phi) is 4.68. The average Bonchev–Trinajstić information content (AvgIpc) is 3.20. The van der Waals surface area contributed by atoms with E-state index in [0.29, 0.717) is 25.7 Å². The second-order valence-corrected chi connectivity index (χ2v) is 14.6. The minimum absolute atomic E-state index is 0.105. The topological polar surface area (TPSA) is 129 Å². The van der Waals surface area contributed by atoms with E-state index in [9.17, 15) is 25.2 Å². The van der Waals surface area contributed by atoms with Gasteiger partial charge in [-0.2, -0.15) is 0 Å². The van der Waals surface area contributed by atoms with E-state index in [1.807, 2.05) is 27.7 Å². The van der Waals surface area contributed by atoms with E-state index in [4.69, 9.17) is 25.8 Å². The van der Waals surface area contributed by atoms with Gasteiger partial charge in [-0.1, -0.05) is 26.8 Å². The van der Waals surface area contributed by atoms with Crippen LogP contribution >= 0.6 is 11.6 Å². The van der Waals surface area contributed by atoms with E-state index in [-0.39, 0.29) is 30.0 Å². The second-order valence-electron chi connectivity index (χ2n) is 13.9. The van der Waals surface area contributed by atoms with Gasteiger partial charge in [0, 0.05) is 12.3 Å². The maximum Gasteiger partial charge on any atom is 0.187 e. The normalized spacial score (nSPS) is 67.6. The molecule has 0 aromatic heterocycles. The highest BCUT2D eigenvalue weighted by Gasteiger charge is 2.84. The number of ether oxygens (including phenoxy) is 3. The number of aliphatic hydroxyl groups excluding tert-OH is 2. The molecule has 0 amide bonds. The fraction of sp³-hybridized carbons (Fsp3) is 0.893. The van der Waals surface area contributed by atoms with E-state index in [2.05, 4.69) is 0 Å². The molecule has 3 saturated carbocycles. The molecule has 0 radical (unpaired) electrons. The molecule has 4 aliphatic carbocycles. The summed E-state index contributed by atoms with van der Waals surface area (Å²) in [6, 6.07) is 0. The zero-order valence-corrected chi connectivity index (χ0v) is 22.9. The summed E-state index contributed by atoms with van der Waals surface area (Å²) < 4.78 is 18.6. The number of epoxide rings is 1. The number of hydrogen-bond donors (Lipinski definition) is 4. The summed E-state index contributed by atoms with van der Waals surface area (Å²) in [5.41, 5.74) is -5.09. The minimum Gasteiger partial charge on any atom is -0.391 e. The lowest BCUT2D eigenvalue weighted by molar-refractivity contribution is -0.422. The number of carbonyl (C=O) groups is 1. The van der Waals surface area contributed by atoms with E-state index in [0.717, 1.165) is 0 Å². The van der Waals surface area contributed by atoms with Crippen molar-refractivity contribution in [2.45, 2.75) is 119 Å². The molecule has 206 valence electrons. The van der Waals surface area contributed by atoms with Crippen LogP contribution in [-0.2, 0) is 19.0 Å². The van der Waals surface area contributed by atoms with Gasteiger partial charge < -0.3 is 34.6 Å². The summed E-state index contributed by atoms with van der Waals surface area (Å²) in [4.78, 5) is 12.4. The lowest BCUT2D eigenvalue weighted by Gasteiger charge is -2.69. The van der Waals surface area contributed by atoms with Crippen LogP contribution in [0.5, 0.6) is 0 Å². The largest absolute Gasteiger partial charge is 0.391 e. The van der Waals surface area contributed by atoms with Crippen molar-refractivity contribution in [3.05, 3.63) is 12.2 Å². The van der Waals surface area contributed by atoms with Gasteiger partial charge in [0.2, 0.25) is 0 Å². The molecule has 0 aromatic carbocycles. The molecule has 9 heteroatoms. The zero-order chi connectivity index (χ0) is 26.8. The Morgan fingerprint density at radius 1 is 1.08 bits per heavy atom. The van der Waals surface area contributed by atoms with Crippen LogP contribution in [0.15, 0.2) is 12.2 Å². The predicted octanol–water partition coefficient (Wildman–Crippen LogP) is 2.04. The molecule has 3 heterocycles. The van der Waals surface area contributed by atoms with Gasteiger partial charge in [-0.25, -0.2) is 0 Å². The van der Waals surface area contributed by atoms with Crippen molar-refractivity contribution in [3.63, 3.8) is 0 Å². The van der Waals surface area contributed by atoms with Crippen LogP contribution in [0.25, 0.3) is 0 Å². The number of rotatable bonds is 1. The molecule has 3 saturated heterocycles. The quantitative estimate of drug-likeness (QED) is 0.295.